The number of rotatable bonds is 15. The van der Waals surface area contributed by atoms with E-state index < -0.39 is 0 Å². The number of carbonyl (C=O) groups is 1. The second kappa shape index (κ2) is 14.4. The summed E-state index contributed by atoms with van der Waals surface area (Å²) in [5.41, 5.74) is 3.39. The Hall–Kier alpha value is -0.630. The topological polar surface area (TPSA) is 17.1 Å². The lowest BCUT2D eigenvalue weighted by molar-refractivity contribution is 0.112. The standard InChI is InChI=1S/C27H45BrO/c1-20(2)9-7-11-22(5)13-15-24-18-27(28)25(17-26(24)19-29)16-14-23(6)12-8-10-21(3)4/h17-23H,7-16H2,1-6H3/t22-,23-/m0/s1. The minimum atomic E-state index is 0.721. The van der Waals surface area contributed by atoms with Gasteiger partial charge >= 0.3 is 0 Å². The molecule has 1 rings (SSSR count). The smallest absolute Gasteiger partial charge is 0.150 e. The Morgan fingerprint density at radius 3 is 1.66 bits per heavy atom. The van der Waals surface area contributed by atoms with E-state index in [0.717, 1.165) is 54.8 Å². The van der Waals surface area contributed by atoms with E-state index in [9.17, 15) is 4.79 Å². The van der Waals surface area contributed by atoms with Gasteiger partial charge in [0.15, 0.2) is 0 Å². The zero-order valence-electron chi connectivity index (χ0n) is 19.9. The third kappa shape index (κ3) is 11.4. The van der Waals surface area contributed by atoms with Gasteiger partial charge in [0.2, 0.25) is 0 Å². The molecule has 2 atom stereocenters. The highest BCUT2D eigenvalue weighted by molar-refractivity contribution is 9.10. The fraction of sp³-hybridized carbons (Fsp3) is 0.741. The van der Waals surface area contributed by atoms with Crippen molar-refractivity contribution in [2.75, 3.05) is 0 Å². The SMILES string of the molecule is CC(C)CCC[C@H](C)CCc1cc(C=O)c(CC[C@@H](C)CCCC(C)C)cc1Br. The molecule has 0 aliphatic heterocycles. The first-order chi connectivity index (χ1) is 13.7. The van der Waals surface area contributed by atoms with Gasteiger partial charge in [0.05, 0.1) is 0 Å². The van der Waals surface area contributed by atoms with Crippen molar-refractivity contribution in [2.45, 2.75) is 106 Å². The predicted octanol–water partition coefficient (Wildman–Crippen LogP) is 9.05. The molecule has 166 valence electrons. The average Bonchev–Trinajstić information content (AvgIpc) is 2.64. The Morgan fingerprint density at radius 2 is 1.21 bits per heavy atom. The van der Waals surface area contributed by atoms with Crippen LogP contribution in [0.15, 0.2) is 16.6 Å². The highest BCUT2D eigenvalue weighted by Crippen LogP contribution is 2.27. The number of hydrogen-bond acceptors (Lipinski definition) is 1. The van der Waals surface area contributed by atoms with Gasteiger partial charge < -0.3 is 0 Å². The molecule has 2 heteroatoms. The van der Waals surface area contributed by atoms with Crippen molar-refractivity contribution in [1.29, 1.82) is 0 Å². The van der Waals surface area contributed by atoms with E-state index in [4.69, 9.17) is 0 Å². The maximum absolute atomic E-state index is 11.7. The molecule has 1 aromatic rings. The van der Waals surface area contributed by atoms with Crippen LogP contribution in [0.2, 0.25) is 0 Å². The van der Waals surface area contributed by atoms with Crippen LogP contribution in [0, 0.1) is 23.7 Å². The van der Waals surface area contributed by atoms with Crippen LogP contribution in [0.4, 0.5) is 0 Å². The lowest BCUT2D eigenvalue weighted by atomic mass is 9.91. The van der Waals surface area contributed by atoms with Gasteiger partial charge in [-0.1, -0.05) is 96.0 Å². The minimum absolute atomic E-state index is 0.721. The third-order valence-corrected chi connectivity index (χ3v) is 6.94. The van der Waals surface area contributed by atoms with Crippen LogP contribution in [0.3, 0.4) is 0 Å². The number of aryl methyl sites for hydroxylation is 2. The molecule has 0 radical (unpaired) electrons. The van der Waals surface area contributed by atoms with E-state index in [1.54, 1.807) is 0 Å². The lowest BCUT2D eigenvalue weighted by Crippen LogP contribution is -2.04. The van der Waals surface area contributed by atoms with Gasteiger partial charge in [0.25, 0.3) is 0 Å². The van der Waals surface area contributed by atoms with Crippen molar-refractivity contribution in [3.63, 3.8) is 0 Å². The van der Waals surface area contributed by atoms with E-state index >= 15 is 0 Å². The first kappa shape index (κ1) is 26.4. The molecule has 0 amide bonds. The molecule has 0 aliphatic rings. The maximum Gasteiger partial charge on any atom is 0.150 e. The quantitative estimate of drug-likeness (QED) is 0.236. The van der Waals surface area contributed by atoms with Crippen molar-refractivity contribution in [3.8, 4) is 0 Å². The highest BCUT2D eigenvalue weighted by Gasteiger charge is 2.12. The largest absolute Gasteiger partial charge is 0.298 e. The van der Waals surface area contributed by atoms with Gasteiger partial charge in [-0.3, -0.25) is 4.79 Å². The summed E-state index contributed by atoms with van der Waals surface area (Å²) in [5, 5.41) is 0. The second-order valence-corrected chi connectivity index (χ2v) is 11.1. The summed E-state index contributed by atoms with van der Waals surface area (Å²) in [5.74, 6) is 3.06. The van der Waals surface area contributed by atoms with E-state index in [1.807, 2.05) is 0 Å². The number of aldehydes is 1. The predicted molar refractivity (Wildman–Crippen MR) is 132 cm³/mol. The second-order valence-electron chi connectivity index (χ2n) is 10.2. The molecule has 29 heavy (non-hydrogen) atoms. The number of hydrogen-bond donors (Lipinski definition) is 0. The molecule has 0 unspecified atom stereocenters. The van der Waals surface area contributed by atoms with Crippen LogP contribution < -0.4 is 0 Å². The monoisotopic (exact) mass is 464 g/mol. The van der Waals surface area contributed by atoms with Crippen molar-refractivity contribution < 1.29 is 4.79 Å². The summed E-state index contributed by atoms with van der Waals surface area (Å²) in [6.07, 6.45) is 13.4. The molecule has 0 saturated heterocycles. The Kier molecular flexibility index (Phi) is 13.1. The third-order valence-electron chi connectivity index (χ3n) is 6.20. The number of carbonyl (C=O) groups excluding carboxylic acids is 1. The number of halogens is 1. The summed E-state index contributed by atoms with van der Waals surface area (Å²) in [6.45, 7) is 13.9. The molecular weight excluding hydrogens is 420 g/mol. The molecule has 0 fully saturated rings. The van der Waals surface area contributed by atoms with E-state index in [-0.39, 0.29) is 0 Å². The zero-order valence-corrected chi connectivity index (χ0v) is 21.5. The van der Waals surface area contributed by atoms with Crippen molar-refractivity contribution in [1.82, 2.24) is 0 Å². The molecular formula is C27H45BrO. The summed E-state index contributed by atoms with van der Waals surface area (Å²) < 4.78 is 1.18. The van der Waals surface area contributed by atoms with Crippen LogP contribution in [-0.4, -0.2) is 6.29 Å². The van der Waals surface area contributed by atoms with Crippen molar-refractivity contribution in [3.05, 3.63) is 33.3 Å². The maximum atomic E-state index is 11.7. The Bertz CT molecular complexity index is 590. The van der Waals surface area contributed by atoms with E-state index in [1.165, 1.54) is 60.5 Å². The summed E-state index contributed by atoms with van der Waals surface area (Å²) in [6, 6.07) is 4.35. The van der Waals surface area contributed by atoms with Gasteiger partial charge in [-0.05, 0) is 72.6 Å². The van der Waals surface area contributed by atoms with Gasteiger partial charge in [-0.25, -0.2) is 0 Å². The Balaban J connectivity index is 2.57. The molecule has 1 aromatic carbocycles. The summed E-state index contributed by atoms with van der Waals surface area (Å²) in [7, 11) is 0. The van der Waals surface area contributed by atoms with E-state index in [0.29, 0.717) is 0 Å². The Labute approximate surface area is 189 Å². The molecule has 0 aromatic heterocycles. The molecule has 0 aliphatic carbocycles. The summed E-state index contributed by atoms with van der Waals surface area (Å²) >= 11 is 3.78. The van der Waals surface area contributed by atoms with Crippen LogP contribution in [-0.2, 0) is 12.8 Å². The van der Waals surface area contributed by atoms with Gasteiger partial charge in [0, 0.05) is 10.0 Å². The van der Waals surface area contributed by atoms with E-state index in [2.05, 4.69) is 69.6 Å². The molecule has 0 saturated carbocycles. The van der Waals surface area contributed by atoms with Crippen LogP contribution in [0.25, 0.3) is 0 Å². The van der Waals surface area contributed by atoms with Gasteiger partial charge in [-0.2, -0.15) is 0 Å². The lowest BCUT2D eigenvalue weighted by Gasteiger charge is -2.16. The minimum Gasteiger partial charge on any atom is -0.298 e. The fourth-order valence-corrected chi connectivity index (χ4v) is 4.63. The van der Waals surface area contributed by atoms with Crippen molar-refractivity contribution >= 4 is 22.2 Å². The molecule has 0 heterocycles. The van der Waals surface area contributed by atoms with Crippen LogP contribution in [0.1, 0.15) is 114 Å². The number of benzene rings is 1. The van der Waals surface area contributed by atoms with Gasteiger partial charge in [-0.15, -0.1) is 0 Å². The molecule has 1 nitrogen and oxygen atoms in total. The Morgan fingerprint density at radius 1 is 0.724 bits per heavy atom. The first-order valence-corrected chi connectivity index (χ1v) is 12.8. The normalized spacial score (nSPS) is 13.8. The zero-order chi connectivity index (χ0) is 21.8. The van der Waals surface area contributed by atoms with Crippen LogP contribution >= 0.6 is 15.9 Å². The van der Waals surface area contributed by atoms with Gasteiger partial charge in [0.1, 0.15) is 6.29 Å². The highest BCUT2D eigenvalue weighted by atomic mass is 79.9. The molecule has 0 bridgehead atoms. The fourth-order valence-electron chi connectivity index (χ4n) is 4.04. The molecule has 0 N–H and O–H groups in total. The van der Waals surface area contributed by atoms with Crippen LogP contribution in [0.5, 0.6) is 0 Å². The molecule has 0 spiro atoms. The summed E-state index contributed by atoms with van der Waals surface area (Å²) in [4.78, 5) is 11.7. The first-order valence-electron chi connectivity index (χ1n) is 12.0. The average molecular weight is 466 g/mol. The van der Waals surface area contributed by atoms with Crippen molar-refractivity contribution in [2.24, 2.45) is 23.7 Å².